The summed E-state index contributed by atoms with van der Waals surface area (Å²) in [7, 11) is 1.67. The number of nitrogens with zero attached hydrogens (tertiary/aromatic N) is 3. The summed E-state index contributed by atoms with van der Waals surface area (Å²) < 4.78 is 20.7. The molecule has 0 radical (unpaired) electrons. The fraction of sp³-hybridized carbons (Fsp3) is 0.259. The van der Waals surface area contributed by atoms with Crippen LogP contribution in [-0.4, -0.2) is 41.1 Å². The Balaban J connectivity index is 1.32. The van der Waals surface area contributed by atoms with E-state index in [1.54, 1.807) is 25.5 Å². The van der Waals surface area contributed by atoms with Crippen molar-refractivity contribution in [2.45, 2.75) is 25.7 Å². The molecule has 36 heavy (non-hydrogen) atoms. The van der Waals surface area contributed by atoms with Gasteiger partial charge in [0.25, 0.3) is 0 Å². The fourth-order valence-electron chi connectivity index (χ4n) is 5.08. The number of ether oxygens (including phenoxy) is 1. The lowest BCUT2D eigenvalue weighted by Crippen LogP contribution is -2.24. The molecule has 2 aromatic carbocycles. The van der Waals surface area contributed by atoms with Crippen LogP contribution in [0.4, 0.5) is 21.7 Å². The predicted octanol–water partition coefficient (Wildman–Crippen LogP) is 4.46. The number of aryl methyl sites for hydroxylation is 1. The van der Waals surface area contributed by atoms with Crippen molar-refractivity contribution in [3.63, 3.8) is 0 Å². The third kappa shape index (κ3) is 3.77. The standard InChI is InChI=1S/C27H25FN6O2/c1-14-21(13-31-26-24(14)30-7-8-36-26)20-11-23-16(10-22(20)28)12-32-27(34-23)33-17-4-6-18-15(9-17)3-5-19(18)25(35)29-2/h4,6,9-13,19,30H,3,5,7-8H2,1-2H3,(H,29,35)(H,32,33,34)/t19-/m0/s1. The van der Waals surface area contributed by atoms with Crippen molar-refractivity contribution >= 4 is 34.1 Å². The zero-order valence-corrected chi connectivity index (χ0v) is 20.0. The number of carbonyl (C=O) groups is 1. The first-order chi connectivity index (χ1) is 17.5. The van der Waals surface area contributed by atoms with Gasteiger partial charge in [-0.25, -0.2) is 19.3 Å². The third-order valence-corrected chi connectivity index (χ3v) is 6.94. The number of pyridine rings is 1. The van der Waals surface area contributed by atoms with Crippen LogP contribution in [0.3, 0.4) is 0 Å². The van der Waals surface area contributed by atoms with Crippen LogP contribution in [0.25, 0.3) is 22.0 Å². The lowest BCUT2D eigenvalue weighted by molar-refractivity contribution is -0.122. The number of fused-ring (bicyclic) bond motifs is 3. The van der Waals surface area contributed by atoms with E-state index < -0.39 is 0 Å². The molecule has 1 aliphatic heterocycles. The van der Waals surface area contributed by atoms with Crippen LogP contribution in [0.1, 0.15) is 29.0 Å². The molecule has 0 unspecified atom stereocenters. The summed E-state index contributed by atoms with van der Waals surface area (Å²) in [5.41, 5.74) is 6.44. The molecule has 182 valence electrons. The van der Waals surface area contributed by atoms with E-state index in [1.807, 2.05) is 25.1 Å². The number of aromatic nitrogens is 3. The third-order valence-electron chi connectivity index (χ3n) is 6.94. The Morgan fingerprint density at radius 1 is 1.17 bits per heavy atom. The first-order valence-electron chi connectivity index (χ1n) is 12.0. The normalized spacial score (nSPS) is 16.0. The van der Waals surface area contributed by atoms with Gasteiger partial charge in [-0.3, -0.25) is 4.79 Å². The highest BCUT2D eigenvalue weighted by atomic mass is 19.1. The van der Waals surface area contributed by atoms with Crippen molar-refractivity contribution < 1.29 is 13.9 Å². The average molecular weight is 485 g/mol. The lowest BCUT2D eigenvalue weighted by atomic mass is 9.99. The maximum Gasteiger partial charge on any atom is 0.237 e. The highest BCUT2D eigenvalue weighted by Crippen LogP contribution is 2.38. The minimum absolute atomic E-state index is 0.0445. The molecule has 0 bridgehead atoms. The number of nitrogens with one attached hydrogen (secondary N) is 3. The largest absolute Gasteiger partial charge is 0.474 e. The molecule has 2 aliphatic rings. The van der Waals surface area contributed by atoms with Gasteiger partial charge in [-0.05, 0) is 60.7 Å². The summed E-state index contributed by atoms with van der Waals surface area (Å²) in [6.07, 6.45) is 4.90. The number of anilines is 3. The van der Waals surface area contributed by atoms with Gasteiger partial charge in [-0.15, -0.1) is 0 Å². The van der Waals surface area contributed by atoms with E-state index in [9.17, 15) is 4.79 Å². The van der Waals surface area contributed by atoms with E-state index in [4.69, 9.17) is 4.74 Å². The quantitative estimate of drug-likeness (QED) is 0.393. The van der Waals surface area contributed by atoms with Crippen molar-refractivity contribution in [2.75, 3.05) is 30.8 Å². The fourth-order valence-corrected chi connectivity index (χ4v) is 5.08. The molecule has 1 aliphatic carbocycles. The number of rotatable bonds is 4. The number of amides is 1. The SMILES string of the molecule is CNC(=O)[C@H]1CCc2cc(Nc3ncc4cc(F)c(-c5cnc6c(c5C)NCCO6)cc4n3)ccc21. The first-order valence-corrected chi connectivity index (χ1v) is 12.0. The van der Waals surface area contributed by atoms with Gasteiger partial charge >= 0.3 is 0 Å². The van der Waals surface area contributed by atoms with Crippen LogP contribution in [-0.2, 0) is 11.2 Å². The maximum atomic E-state index is 15.1. The zero-order chi connectivity index (χ0) is 24.8. The van der Waals surface area contributed by atoms with Gasteiger partial charge in [0.2, 0.25) is 17.7 Å². The van der Waals surface area contributed by atoms with E-state index in [0.717, 1.165) is 40.9 Å². The van der Waals surface area contributed by atoms with Crippen LogP contribution in [0, 0.1) is 12.7 Å². The van der Waals surface area contributed by atoms with Crippen LogP contribution in [0.5, 0.6) is 5.88 Å². The van der Waals surface area contributed by atoms with Gasteiger partial charge in [0.05, 0.1) is 11.4 Å². The second-order valence-electron chi connectivity index (χ2n) is 9.08. The van der Waals surface area contributed by atoms with Gasteiger partial charge in [0, 0.05) is 48.2 Å². The molecule has 9 heteroatoms. The summed E-state index contributed by atoms with van der Waals surface area (Å²) in [5, 5.41) is 9.90. The molecular formula is C27H25FN6O2. The number of halogens is 1. The molecule has 0 saturated heterocycles. The summed E-state index contributed by atoms with van der Waals surface area (Å²) in [5.74, 6) is 0.526. The van der Waals surface area contributed by atoms with Gasteiger partial charge < -0.3 is 20.7 Å². The molecule has 8 nitrogen and oxygen atoms in total. The van der Waals surface area contributed by atoms with E-state index in [0.29, 0.717) is 47.0 Å². The molecule has 0 saturated carbocycles. The molecule has 1 atom stereocenters. The number of carbonyl (C=O) groups excluding carboxylic acids is 1. The second kappa shape index (κ2) is 8.75. The number of benzene rings is 2. The minimum Gasteiger partial charge on any atom is -0.474 e. The van der Waals surface area contributed by atoms with Crippen molar-refractivity contribution in [3.05, 3.63) is 65.2 Å². The summed E-state index contributed by atoms with van der Waals surface area (Å²) in [6, 6.07) is 9.14. The molecular weight excluding hydrogens is 459 g/mol. The van der Waals surface area contributed by atoms with E-state index in [-0.39, 0.29) is 17.6 Å². The Kier molecular flexibility index (Phi) is 5.40. The van der Waals surface area contributed by atoms with E-state index >= 15 is 4.39 Å². The maximum absolute atomic E-state index is 15.1. The second-order valence-corrected chi connectivity index (χ2v) is 9.08. The Labute approximate surface area is 207 Å². The minimum atomic E-state index is -0.363. The molecule has 1 amide bonds. The van der Waals surface area contributed by atoms with Gasteiger partial charge in [-0.1, -0.05) is 6.07 Å². The topological polar surface area (TPSA) is 101 Å². The van der Waals surface area contributed by atoms with Crippen molar-refractivity contribution in [3.8, 4) is 17.0 Å². The Hall–Kier alpha value is -4.27. The molecule has 0 fully saturated rings. The smallest absolute Gasteiger partial charge is 0.237 e. The van der Waals surface area contributed by atoms with Crippen LogP contribution in [0.2, 0.25) is 0 Å². The summed E-state index contributed by atoms with van der Waals surface area (Å²) in [4.78, 5) is 25.5. The van der Waals surface area contributed by atoms with E-state index in [2.05, 4.69) is 30.9 Å². The molecule has 3 N–H and O–H groups in total. The molecule has 0 spiro atoms. The summed E-state index contributed by atoms with van der Waals surface area (Å²) in [6.45, 7) is 3.15. The van der Waals surface area contributed by atoms with Gasteiger partial charge in [0.15, 0.2) is 0 Å². The van der Waals surface area contributed by atoms with Crippen molar-refractivity contribution in [2.24, 2.45) is 0 Å². The molecule has 6 rings (SSSR count). The Morgan fingerprint density at radius 3 is 2.92 bits per heavy atom. The number of likely N-dealkylation sites (N-methyl/N-ethyl adjacent to an activating group) is 1. The molecule has 3 heterocycles. The summed E-state index contributed by atoms with van der Waals surface area (Å²) >= 11 is 0. The van der Waals surface area contributed by atoms with Crippen molar-refractivity contribution in [1.29, 1.82) is 0 Å². The van der Waals surface area contributed by atoms with E-state index in [1.165, 1.54) is 6.07 Å². The molecule has 2 aromatic heterocycles. The predicted molar refractivity (Wildman–Crippen MR) is 136 cm³/mol. The molecule has 4 aromatic rings. The van der Waals surface area contributed by atoms with Gasteiger partial charge in [-0.2, -0.15) is 0 Å². The lowest BCUT2D eigenvalue weighted by Gasteiger charge is -2.21. The highest BCUT2D eigenvalue weighted by Gasteiger charge is 2.28. The van der Waals surface area contributed by atoms with Gasteiger partial charge in [0.1, 0.15) is 18.1 Å². The first kappa shape index (κ1) is 22.2. The average Bonchev–Trinajstić information content (AvgIpc) is 3.32. The monoisotopic (exact) mass is 484 g/mol. The zero-order valence-electron chi connectivity index (χ0n) is 20.0. The number of hydrogen-bond acceptors (Lipinski definition) is 7. The Morgan fingerprint density at radius 2 is 2.06 bits per heavy atom. The number of hydrogen-bond donors (Lipinski definition) is 3. The highest BCUT2D eigenvalue weighted by molar-refractivity contribution is 5.87. The van der Waals surface area contributed by atoms with Crippen LogP contribution >= 0.6 is 0 Å². The Bertz CT molecular complexity index is 1520. The van der Waals surface area contributed by atoms with Crippen LogP contribution < -0.4 is 20.7 Å². The van der Waals surface area contributed by atoms with Crippen molar-refractivity contribution in [1.82, 2.24) is 20.3 Å². The van der Waals surface area contributed by atoms with Crippen LogP contribution in [0.15, 0.2) is 42.7 Å².